The molecule has 1 aromatic heterocycles. The summed E-state index contributed by atoms with van der Waals surface area (Å²) in [7, 11) is 0. The maximum Gasteiger partial charge on any atom is 0.223 e. The Morgan fingerprint density at radius 1 is 1.03 bits per heavy atom. The van der Waals surface area contributed by atoms with Crippen LogP contribution in [0.5, 0.6) is 0 Å². The van der Waals surface area contributed by atoms with Crippen LogP contribution in [0.1, 0.15) is 73.2 Å². The molecule has 1 saturated heterocycles. The predicted molar refractivity (Wildman–Crippen MR) is 141 cm³/mol. The summed E-state index contributed by atoms with van der Waals surface area (Å²) < 4.78 is 2.05. The van der Waals surface area contributed by atoms with Crippen LogP contribution in [0.25, 0.3) is 0 Å². The molecular formula is C27H29Br2ClN2O2. The third-order valence-corrected chi connectivity index (χ3v) is 9.19. The van der Waals surface area contributed by atoms with Gasteiger partial charge in [0, 0.05) is 57.9 Å². The highest BCUT2D eigenvalue weighted by Crippen LogP contribution is 2.46. The van der Waals surface area contributed by atoms with E-state index in [1.165, 1.54) is 16.7 Å². The number of rotatable bonds is 3. The van der Waals surface area contributed by atoms with Crippen molar-refractivity contribution in [2.75, 3.05) is 13.1 Å². The normalized spacial score (nSPS) is 23.3. The second-order valence-corrected chi connectivity index (χ2v) is 12.2. The third kappa shape index (κ3) is 5.01. The van der Waals surface area contributed by atoms with Crippen LogP contribution in [0.2, 0.25) is 5.02 Å². The molecule has 34 heavy (non-hydrogen) atoms. The van der Waals surface area contributed by atoms with Crippen molar-refractivity contribution < 1.29 is 9.59 Å². The van der Waals surface area contributed by atoms with Gasteiger partial charge in [0.15, 0.2) is 0 Å². The van der Waals surface area contributed by atoms with E-state index in [1.807, 2.05) is 17.2 Å². The second-order valence-electron chi connectivity index (χ2n) is 9.97. The van der Waals surface area contributed by atoms with E-state index in [4.69, 9.17) is 16.6 Å². The molecule has 1 amide bonds. The van der Waals surface area contributed by atoms with Crippen LogP contribution in [-0.4, -0.2) is 34.7 Å². The largest absolute Gasteiger partial charge is 0.343 e. The van der Waals surface area contributed by atoms with Gasteiger partial charge in [-0.15, -0.1) is 0 Å². The fraction of sp³-hybridized carbons (Fsp3) is 0.519. The molecular weight excluding hydrogens is 580 g/mol. The van der Waals surface area contributed by atoms with Gasteiger partial charge in [-0.25, -0.2) is 0 Å². The van der Waals surface area contributed by atoms with E-state index in [9.17, 15) is 9.59 Å². The zero-order valence-electron chi connectivity index (χ0n) is 19.2. The molecule has 0 bridgehead atoms. The first-order valence-electron chi connectivity index (χ1n) is 12.3. The number of Topliss-reactive ketones (excluding diaryl/α,β-unsaturated/α-hetero) is 1. The monoisotopic (exact) mass is 606 g/mol. The number of piperidine rings is 1. The van der Waals surface area contributed by atoms with Crippen molar-refractivity contribution >= 4 is 55.2 Å². The summed E-state index contributed by atoms with van der Waals surface area (Å²) in [5, 5.41) is 0.752. The van der Waals surface area contributed by atoms with E-state index < -0.39 is 0 Å². The zero-order chi connectivity index (χ0) is 23.8. The van der Waals surface area contributed by atoms with Crippen molar-refractivity contribution in [2.24, 2.45) is 11.8 Å². The zero-order valence-corrected chi connectivity index (χ0v) is 23.1. The Labute approximate surface area is 223 Å². The predicted octanol–water partition coefficient (Wildman–Crippen LogP) is 6.88. The van der Waals surface area contributed by atoms with Crippen LogP contribution in [0.15, 0.2) is 33.3 Å². The second kappa shape index (κ2) is 10.4. The number of hydrogen-bond donors (Lipinski definition) is 0. The van der Waals surface area contributed by atoms with Gasteiger partial charge in [0.1, 0.15) is 5.78 Å². The van der Waals surface area contributed by atoms with E-state index in [-0.39, 0.29) is 23.5 Å². The SMILES string of the molecule is O=C1CCCCC1CC(=O)N1CCC(C2c3ncc(Br)cc3CCc3cc(Cl)cc(Br)c32)CC1. The van der Waals surface area contributed by atoms with Gasteiger partial charge in [0.05, 0.1) is 5.69 Å². The van der Waals surface area contributed by atoms with Crippen molar-refractivity contribution in [1.82, 2.24) is 9.88 Å². The van der Waals surface area contributed by atoms with Gasteiger partial charge >= 0.3 is 0 Å². The molecule has 0 radical (unpaired) electrons. The lowest BCUT2D eigenvalue weighted by atomic mass is 9.76. The van der Waals surface area contributed by atoms with Crippen molar-refractivity contribution in [2.45, 2.75) is 63.7 Å². The Morgan fingerprint density at radius 3 is 2.56 bits per heavy atom. The van der Waals surface area contributed by atoms with Crippen LogP contribution < -0.4 is 0 Å². The topological polar surface area (TPSA) is 50.3 Å². The molecule has 1 aliphatic heterocycles. The standard InChI is InChI=1S/C27H29Br2ClN2O2/c28-20-11-19-6-5-18-12-21(30)14-22(29)25(18)26(27(19)31-15-20)16-7-9-32(10-8-16)24(34)13-17-3-1-2-4-23(17)33/h11-12,14-17,26H,1-10,13H2. The molecule has 0 spiro atoms. The molecule has 2 heterocycles. The Hall–Kier alpha value is -1.24. The Bertz CT molecular complexity index is 1110. The number of ketones is 1. The molecule has 2 aromatic rings. The number of hydrogen-bond acceptors (Lipinski definition) is 3. The summed E-state index contributed by atoms with van der Waals surface area (Å²) in [5.74, 6) is 0.923. The molecule has 0 N–H and O–H groups in total. The summed E-state index contributed by atoms with van der Waals surface area (Å²) in [6, 6.07) is 6.31. The fourth-order valence-corrected chi connectivity index (χ4v) is 7.62. The van der Waals surface area contributed by atoms with E-state index >= 15 is 0 Å². The number of halogens is 3. The van der Waals surface area contributed by atoms with Crippen LogP contribution in [0.4, 0.5) is 0 Å². The number of fused-ring (bicyclic) bond motifs is 2. The molecule has 4 nitrogen and oxygen atoms in total. The maximum absolute atomic E-state index is 13.0. The quantitative estimate of drug-likeness (QED) is 0.382. The summed E-state index contributed by atoms with van der Waals surface area (Å²) in [4.78, 5) is 32.1. The van der Waals surface area contributed by atoms with Crippen LogP contribution >= 0.6 is 43.5 Å². The Kier molecular flexibility index (Phi) is 7.48. The molecule has 7 heteroatoms. The first-order valence-corrected chi connectivity index (χ1v) is 14.3. The van der Waals surface area contributed by atoms with E-state index in [0.29, 0.717) is 18.8 Å². The maximum atomic E-state index is 13.0. The van der Waals surface area contributed by atoms with Crippen LogP contribution in [0, 0.1) is 11.8 Å². The highest BCUT2D eigenvalue weighted by molar-refractivity contribution is 9.10. The molecule has 1 saturated carbocycles. The van der Waals surface area contributed by atoms with Crippen molar-refractivity contribution in [3.63, 3.8) is 0 Å². The highest BCUT2D eigenvalue weighted by Gasteiger charge is 2.37. The number of aromatic nitrogens is 1. The summed E-state index contributed by atoms with van der Waals surface area (Å²) >= 11 is 13.8. The minimum Gasteiger partial charge on any atom is -0.343 e. The van der Waals surface area contributed by atoms with E-state index in [1.54, 1.807) is 0 Å². The highest BCUT2D eigenvalue weighted by atomic mass is 79.9. The number of likely N-dealkylation sites (tertiary alicyclic amines) is 1. The number of nitrogens with zero attached hydrogens (tertiary/aromatic N) is 2. The average molecular weight is 609 g/mol. The first kappa shape index (κ1) is 24.5. The number of carbonyl (C=O) groups is 2. The van der Waals surface area contributed by atoms with Gasteiger partial charge in [-0.05, 0) is 95.3 Å². The molecule has 1 aromatic carbocycles. The average Bonchev–Trinajstić information content (AvgIpc) is 2.97. The number of aryl methyl sites for hydroxylation is 2. The van der Waals surface area contributed by atoms with Crippen molar-refractivity contribution in [3.05, 3.63) is 60.7 Å². The third-order valence-electron chi connectivity index (χ3n) is 7.88. The van der Waals surface area contributed by atoms with E-state index in [0.717, 1.165) is 77.7 Å². The van der Waals surface area contributed by atoms with Gasteiger partial charge in [-0.2, -0.15) is 0 Å². The minimum absolute atomic E-state index is 0.0667. The Morgan fingerprint density at radius 2 is 1.79 bits per heavy atom. The van der Waals surface area contributed by atoms with Gasteiger partial charge in [0.25, 0.3) is 0 Å². The van der Waals surface area contributed by atoms with Crippen LogP contribution in [0.3, 0.4) is 0 Å². The molecule has 3 aliphatic rings. The molecule has 5 rings (SSSR count). The molecule has 2 aliphatic carbocycles. The Balaban J connectivity index is 1.38. The van der Waals surface area contributed by atoms with Gasteiger partial charge in [-0.3, -0.25) is 14.6 Å². The molecule has 2 unspecified atom stereocenters. The molecule has 2 fully saturated rings. The minimum atomic E-state index is -0.0667. The summed E-state index contributed by atoms with van der Waals surface area (Å²) in [6.45, 7) is 1.49. The number of amides is 1. The van der Waals surface area contributed by atoms with Gasteiger partial charge in [-0.1, -0.05) is 34.0 Å². The molecule has 180 valence electrons. The fourth-order valence-electron chi connectivity index (χ4n) is 6.12. The summed E-state index contributed by atoms with van der Waals surface area (Å²) in [6.07, 6.45) is 9.57. The van der Waals surface area contributed by atoms with Crippen LogP contribution in [-0.2, 0) is 22.4 Å². The van der Waals surface area contributed by atoms with Crippen molar-refractivity contribution in [1.29, 1.82) is 0 Å². The number of benzene rings is 1. The lowest BCUT2D eigenvalue weighted by Crippen LogP contribution is -2.41. The number of carbonyl (C=O) groups excluding carboxylic acids is 2. The lowest BCUT2D eigenvalue weighted by molar-refractivity contribution is -0.137. The van der Waals surface area contributed by atoms with E-state index in [2.05, 4.69) is 44.0 Å². The lowest BCUT2D eigenvalue weighted by Gasteiger charge is -2.37. The smallest absolute Gasteiger partial charge is 0.223 e. The summed E-state index contributed by atoms with van der Waals surface area (Å²) in [5.41, 5.74) is 5.03. The van der Waals surface area contributed by atoms with Gasteiger partial charge in [0.2, 0.25) is 5.91 Å². The van der Waals surface area contributed by atoms with Gasteiger partial charge < -0.3 is 4.90 Å². The number of pyridine rings is 1. The first-order chi connectivity index (χ1) is 16.4. The van der Waals surface area contributed by atoms with Crippen molar-refractivity contribution in [3.8, 4) is 0 Å². The molecule has 2 atom stereocenters.